The van der Waals surface area contributed by atoms with Gasteiger partial charge >= 0.3 is 0 Å². The lowest BCUT2D eigenvalue weighted by Crippen LogP contribution is -2.16. The van der Waals surface area contributed by atoms with Crippen molar-refractivity contribution in [1.29, 1.82) is 0 Å². The average Bonchev–Trinajstić information content (AvgIpc) is 3.34. The number of carbonyl (C=O) groups is 1. The highest BCUT2D eigenvalue weighted by atomic mass is 79.9. The maximum absolute atomic E-state index is 12.8. The van der Waals surface area contributed by atoms with Crippen molar-refractivity contribution in [2.75, 3.05) is 5.32 Å². The Balaban J connectivity index is 1.51. The first-order chi connectivity index (χ1) is 13.7. The van der Waals surface area contributed by atoms with Crippen LogP contribution in [0.25, 0.3) is 22.1 Å². The molecule has 5 aromatic rings. The highest BCUT2D eigenvalue weighted by molar-refractivity contribution is 9.10. The van der Waals surface area contributed by atoms with E-state index in [1.807, 2.05) is 47.0 Å². The summed E-state index contributed by atoms with van der Waals surface area (Å²) >= 11 is 3.28. The number of furan rings is 1. The van der Waals surface area contributed by atoms with Crippen molar-refractivity contribution in [3.63, 3.8) is 0 Å². The van der Waals surface area contributed by atoms with Gasteiger partial charge in [-0.3, -0.25) is 10.1 Å². The van der Waals surface area contributed by atoms with E-state index in [9.17, 15) is 4.79 Å². The number of nitrogens with one attached hydrogen (secondary N) is 2. The molecule has 1 amide bonds. The molecule has 0 unspecified atom stereocenters. The summed E-state index contributed by atoms with van der Waals surface area (Å²) in [7, 11) is 0. The molecule has 138 valence electrons. The minimum Gasteiger partial charge on any atom is -0.448 e. The fraction of sp³-hybridized carbons (Fsp3) is 0.0476. The Labute approximate surface area is 168 Å². The fourth-order valence-electron chi connectivity index (χ4n) is 3.28. The second-order valence-electron chi connectivity index (χ2n) is 6.46. The van der Waals surface area contributed by atoms with E-state index in [0.717, 1.165) is 22.1 Å². The number of aromatic amines is 1. The average molecular weight is 435 g/mol. The SMILES string of the molecule is O=C(Nc1nc2ccccc2n1Cc1ccccc1)c1cc2oc(Br)cc2[nH]1. The number of H-pyrrole nitrogens is 1. The fourth-order valence-corrected chi connectivity index (χ4v) is 3.68. The molecule has 0 radical (unpaired) electrons. The van der Waals surface area contributed by atoms with Crippen LogP contribution in [0.5, 0.6) is 0 Å². The predicted molar refractivity (Wildman–Crippen MR) is 111 cm³/mol. The van der Waals surface area contributed by atoms with Crippen LogP contribution in [0.1, 0.15) is 16.1 Å². The highest BCUT2D eigenvalue weighted by Gasteiger charge is 2.17. The van der Waals surface area contributed by atoms with E-state index in [-0.39, 0.29) is 5.91 Å². The molecule has 7 heteroatoms. The largest absolute Gasteiger partial charge is 0.448 e. The third-order valence-electron chi connectivity index (χ3n) is 4.58. The second kappa shape index (κ2) is 6.69. The Morgan fingerprint density at radius 1 is 1.11 bits per heavy atom. The van der Waals surface area contributed by atoms with E-state index in [0.29, 0.717) is 28.4 Å². The molecule has 0 bridgehead atoms. The molecule has 3 heterocycles. The van der Waals surface area contributed by atoms with E-state index in [1.165, 1.54) is 0 Å². The summed E-state index contributed by atoms with van der Waals surface area (Å²) in [5.41, 5.74) is 4.72. The summed E-state index contributed by atoms with van der Waals surface area (Å²) in [6.45, 7) is 0.608. The van der Waals surface area contributed by atoms with Crippen LogP contribution >= 0.6 is 15.9 Å². The molecule has 6 nitrogen and oxygen atoms in total. The minimum absolute atomic E-state index is 0.271. The molecule has 28 heavy (non-hydrogen) atoms. The lowest BCUT2D eigenvalue weighted by molar-refractivity contribution is 0.102. The molecular weight excluding hydrogens is 420 g/mol. The van der Waals surface area contributed by atoms with Crippen molar-refractivity contribution in [2.24, 2.45) is 0 Å². The predicted octanol–water partition coefficient (Wildman–Crippen LogP) is 5.17. The van der Waals surface area contributed by atoms with Crippen LogP contribution in [0.4, 0.5) is 5.95 Å². The van der Waals surface area contributed by atoms with Gasteiger partial charge in [0.05, 0.1) is 23.1 Å². The van der Waals surface area contributed by atoms with Crippen molar-refractivity contribution in [3.8, 4) is 0 Å². The first-order valence-corrected chi connectivity index (χ1v) is 9.55. The number of hydrogen-bond acceptors (Lipinski definition) is 3. The number of imidazole rings is 1. The second-order valence-corrected chi connectivity index (χ2v) is 7.24. The van der Waals surface area contributed by atoms with Crippen LogP contribution in [-0.2, 0) is 6.54 Å². The third kappa shape index (κ3) is 2.99. The molecule has 3 aromatic heterocycles. The minimum atomic E-state index is -0.271. The van der Waals surface area contributed by atoms with Gasteiger partial charge in [0.25, 0.3) is 5.91 Å². The molecule has 0 saturated carbocycles. The summed E-state index contributed by atoms with van der Waals surface area (Å²) in [6, 6.07) is 21.4. The number of nitrogens with zero attached hydrogens (tertiary/aromatic N) is 2. The van der Waals surface area contributed by atoms with Gasteiger partial charge in [0.1, 0.15) is 5.69 Å². The van der Waals surface area contributed by atoms with E-state index in [4.69, 9.17) is 4.42 Å². The summed E-state index contributed by atoms with van der Waals surface area (Å²) in [4.78, 5) is 20.5. The summed E-state index contributed by atoms with van der Waals surface area (Å²) in [5.74, 6) is 0.231. The Kier molecular flexibility index (Phi) is 4.02. The number of carbonyl (C=O) groups excluding carboxylic acids is 1. The van der Waals surface area contributed by atoms with Crippen molar-refractivity contribution in [1.82, 2.24) is 14.5 Å². The number of anilines is 1. The van der Waals surface area contributed by atoms with Crippen molar-refractivity contribution < 1.29 is 9.21 Å². The zero-order valence-corrected chi connectivity index (χ0v) is 16.2. The topological polar surface area (TPSA) is 75.8 Å². The van der Waals surface area contributed by atoms with Gasteiger partial charge in [-0.2, -0.15) is 0 Å². The normalized spacial score (nSPS) is 11.3. The quantitative estimate of drug-likeness (QED) is 0.409. The Bertz CT molecular complexity index is 1270. The Morgan fingerprint density at radius 2 is 1.89 bits per heavy atom. The van der Waals surface area contributed by atoms with Gasteiger partial charge < -0.3 is 14.0 Å². The van der Waals surface area contributed by atoms with Crippen molar-refractivity contribution in [3.05, 3.63) is 82.7 Å². The highest BCUT2D eigenvalue weighted by Crippen LogP contribution is 2.25. The molecule has 0 spiro atoms. The Morgan fingerprint density at radius 3 is 2.71 bits per heavy atom. The molecule has 0 saturated heterocycles. The number of halogens is 1. The van der Waals surface area contributed by atoms with Gasteiger partial charge in [-0.1, -0.05) is 42.5 Å². The van der Waals surface area contributed by atoms with Crippen LogP contribution in [0, 0.1) is 0 Å². The molecular formula is C21H15BrN4O2. The van der Waals surface area contributed by atoms with Crippen molar-refractivity contribution in [2.45, 2.75) is 6.54 Å². The molecule has 0 aliphatic rings. The third-order valence-corrected chi connectivity index (χ3v) is 4.97. The number of hydrogen-bond donors (Lipinski definition) is 2. The zero-order chi connectivity index (χ0) is 19.1. The molecule has 0 aliphatic carbocycles. The number of rotatable bonds is 4. The molecule has 0 fully saturated rings. The Hall–Kier alpha value is -3.32. The van der Waals surface area contributed by atoms with E-state index < -0.39 is 0 Å². The molecule has 2 N–H and O–H groups in total. The first kappa shape index (κ1) is 16.8. The molecule has 5 rings (SSSR count). The van der Waals surface area contributed by atoms with E-state index in [1.54, 1.807) is 12.1 Å². The summed E-state index contributed by atoms with van der Waals surface area (Å²) < 4.78 is 8.11. The smallest absolute Gasteiger partial charge is 0.274 e. The van der Waals surface area contributed by atoms with Crippen LogP contribution in [0.15, 0.2) is 75.8 Å². The monoisotopic (exact) mass is 434 g/mol. The van der Waals surface area contributed by atoms with Gasteiger partial charge in [-0.25, -0.2) is 4.98 Å². The maximum atomic E-state index is 12.8. The number of para-hydroxylation sites is 2. The molecule has 2 aromatic carbocycles. The first-order valence-electron chi connectivity index (χ1n) is 8.76. The van der Waals surface area contributed by atoms with Gasteiger partial charge in [0.15, 0.2) is 10.3 Å². The van der Waals surface area contributed by atoms with Crippen LogP contribution < -0.4 is 5.32 Å². The van der Waals surface area contributed by atoms with Gasteiger partial charge in [-0.05, 0) is 33.6 Å². The lowest BCUT2D eigenvalue weighted by atomic mass is 10.2. The number of aromatic nitrogens is 3. The summed E-state index contributed by atoms with van der Waals surface area (Å²) in [6.07, 6.45) is 0. The van der Waals surface area contributed by atoms with Crippen LogP contribution in [0.3, 0.4) is 0 Å². The lowest BCUT2D eigenvalue weighted by Gasteiger charge is -2.10. The maximum Gasteiger partial charge on any atom is 0.274 e. The van der Waals surface area contributed by atoms with Crippen LogP contribution in [-0.4, -0.2) is 20.4 Å². The van der Waals surface area contributed by atoms with E-state index in [2.05, 4.69) is 43.3 Å². The number of fused-ring (bicyclic) bond motifs is 2. The van der Waals surface area contributed by atoms with Gasteiger partial charge in [-0.15, -0.1) is 0 Å². The van der Waals surface area contributed by atoms with E-state index >= 15 is 0 Å². The van der Waals surface area contributed by atoms with Gasteiger partial charge in [0.2, 0.25) is 5.95 Å². The number of benzene rings is 2. The molecule has 0 atom stereocenters. The number of amides is 1. The van der Waals surface area contributed by atoms with Gasteiger partial charge in [0, 0.05) is 12.1 Å². The standard InChI is InChI=1S/C21H15BrN4O2/c22-19-11-15-18(28-19)10-16(23-15)20(27)25-21-24-14-8-4-5-9-17(14)26(21)12-13-6-2-1-3-7-13/h1-11,23H,12H2,(H,24,25,27). The molecule has 0 aliphatic heterocycles. The van der Waals surface area contributed by atoms with Crippen LogP contribution in [0.2, 0.25) is 0 Å². The summed E-state index contributed by atoms with van der Waals surface area (Å²) in [5, 5.41) is 2.93. The van der Waals surface area contributed by atoms with Crippen molar-refractivity contribution >= 4 is 49.9 Å². The zero-order valence-electron chi connectivity index (χ0n) is 14.6.